The predicted molar refractivity (Wildman–Crippen MR) is 94.0 cm³/mol. The number of piperazine rings is 1. The number of fused-ring (bicyclic) bond motifs is 1. The van der Waals surface area contributed by atoms with E-state index in [2.05, 4.69) is 20.8 Å². The van der Waals surface area contributed by atoms with Gasteiger partial charge in [-0.2, -0.15) is 0 Å². The number of hydrogen-bond acceptors (Lipinski definition) is 4. The quantitative estimate of drug-likeness (QED) is 0.824. The Balaban J connectivity index is 1.59. The van der Waals surface area contributed by atoms with Crippen molar-refractivity contribution in [3.05, 3.63) is 23.8 Å². The Morgan fingerprint density at radius 1 is 0.960 bits per heavy atom. The van der Waals surface area contributed by atoms with E-state index in [-0.39, 0.29) is 17.2 Å². The van der Waals surface area contributed by atoms with Crippen LogP contribution in [0.25, 0.3) is 0 Å². The molecule has 0 radical (unpaired) electrons. The summed E-state index contributed by atoms with van der Waals surface area (Å²) in [5.74, 6) is 1.44. The summed E-state index contributed by atoms with van der Waals surface area (Å²) >= 11 is 0. The van der Waals surface area contributed by atoms with Gasteiger partial charge in [0, 0.05) is 38.2 Å². The Morgan fingerprint density at radius 3 is 2.20 bits per heavy atom. The van der Waals surface area contributed by atoms with E-state index >= 15 is 0 Å². The number of nitrogens with zero attached hydrogens (tertiary/aromatic N) is 2. The molecule has 2 aliphatic rings. The molecule has 1 aromatic carbocycles. The van der Waals surface area contributed by atoms with E-state index in [9.17, 15) is 9.59 Å². The van der Waals surface area contributed by atoms with Crippen LogP contribution in [0.2, 0.25) is 0 Å². The number of ether oxygens (including phenoxy) is 2. The van der Waals surface area contributed by atoms with Crippen molar-refractivity contribution in [3.63, 3.8) is 0 Å². The third kappa shape index (κ3) is 4.24. The average molecular weight is 346 g/mol. The molecule has 1 saturated heterocycles. The van der Waals surface area contributed by atoms with Gasteiger partial charge in [-0.25, -0.2) is 0 Å². The van der Waals surface area contributed by atoms with Crippen LogP contribution in [0.1, 0.15) is 37.6 Å². The molecule has 2 amide bonds. The summed E-state index contributed by atoms with van der Waals surface area (Å²) in [6.07, 6.45) is 0.531. The Labute approximate surface area is 148 Å². The molecule has 1 aromatic rings. The molecule has 0 unspecified atom stereocenters. The molecule has 1 fully saturated rings. The number of amides is 2. The molecule has 0 N–H and O–H groups in total. The van der Waals surface area contributed by atoms with Crippen molar-refractivity contribution in [1.82, 2.24) is 9.80 Å². The minimum absolute atomic E-state index is 0.0186. The van der Waals surface area contributed by atoms with Gasteiger partial charge in [-0.15, -0.1) is 0 Å². The Hall–Kier alpha value is -2.24. The van der Waals surface area contributed by atoms with Gasteiger partial charge in [0.2, 0.25) is 5.91 Å². The van der Waals surface area contributed by atoms with E-state index in [1.54, 1.807) is 23.1 Å². The predicted octanol–water partition coefficient (Wildman–Crippen LogP) is 2.18. The monoisotopic (exact) mass is 346 g/mol. The maximum absolute atomic E-state index is 12.7. The third-order valence-corrected chi connectivity index (χ3v) is 4.39. The van der Waals surface area contributed by atoms with E-state index in [0.717, 1.165) is 0 Å². The van der Waals surface area contributed by atoms with Crippen molar-refractivity contribution in [1.29, 1.82) is 0 Å². The average Bonchev–Trinajstić information content (AvgIpc) is 2.59. The molecule has 136 valence electrons. The lowest BCUT2D eigenvalue weighted by atomic mass is 9.91. The second-order valence-electron chi connectivity index (χ2n) is 7.77. The van der Waals surface area contributed by atoms with Crippen molar-refractivity contribution in [3.8, 4) is 11.5 Å². The number of carbonyl (C=O) groups excluding carboxylic acids is 2. The second kappa shape index (κ2) is 6.94. The highest BCUT2D eigenvalue weighted by molar-refractivity contribution is 5.95. The van der Waals surface area contributed by atoms with Crippen LogP contribution < -0.4 is 9.47 Å². The molecule has 0 spiro atoms. The summed E-state index contributed by atoms with van der Waals surface area (Å²) in [5, 5.41) is 0. The molecular weight excluding hydrogens is 320 g/mol. The summed E-state index contributed by atoms with van der Waals surface area (Å²) in [6.45, 7) is 9.51. The first-order chi connectivity index (χ1) is 11.8. The van der Waals surface area contributed by atoms with Gasteiger partial charge in [0.15, 0.2) is 11.5 Å². The van der Waals surface area contributed by atoms with Crippen LogP contribution in [0.5, 0.6) is 11.5 Å². The normalized spacial score (nSPS) is 17.4. The van der Waals surface area contributed by atoms with E-state index in [0.29, 0.717) is 62.9 Å². The standard InChI is InChI=1S/C19H26N2O4/c1-19(2,3)13-17(22)20-6-8-21(9-7-20)18(23)14-4-5-15-16(12-14)25-11-10-24-15/h4-5,12H,6-11,13H2,1-3H3. The fourth-order valence-corrected chi connectivity index (χ4v) is 3.08. The van der Waals surface area contributed by atoms with Crippen LogP contribution in [0.15, 0.2) is 18.2 Å². The van der Waals surface area contributed by atoms with Gasteiger partial charge in [0.1, 0.15) is 13.2 Å². The van der Waals surface area contributed by atoms with E-state index in [4.69, 9.17) is 9.47 Å². The fourth-order valence-electron chi connectivity index (χ4n) is 3.08. The highest BCUT2D eigenvalue weighted by Crippen LogP contribution is 2.31. The maximum atomic E-state index is 12.7. The van der Waals surface area contributed by atoms with Crippen LogP contribution in [0.3, 0.4) is 0 Å². The summed E-state index contributed by atoms with van der Waals surface area (Å²) in [6, 6.07) is 5.30. The number of carbonyl (C=O) groups is 2. The number of benzene rings is 1. The van der Waals surface area contributed by atoms with Crippen molar-refractivity contribution >= 4 is 11.8 Å². The summed E-state index contributed by atoms with van der Waals surface area (Å²) in [5.41, 5.74) is 0.577. The zero-order valence-electron chi connectivity index (χ0n) is 15.2. The molecule has 25 heavy (non-hydrogen) atoms. The van der Waals surface area contributed by atoms with Gasteiger partial charge in [-0.3, -0.25) is 9.59 Å². The minimum Gasteiger partial charge on any atom is -0.486 e. The highest BCUT2D eigenvalue weighted by Gasteiger charge is 2.27. The zero-order chi connectivity index (χ0) is 18.0. The molecule has 0 aromatic heterocycles. The molecule has 6 heteroatoms. The molecule has 0 atom stereocenters. The Kier molecular flexibility index (Phi) is 4.88. The topological polar surface area (TPSA) is 59.1 Å². The molecule has 0 bridgehead atoms. The second-order valence-corrected chi connectivity index (χ2v) is 7.77. The Morgan fingerprint density at radius 2 is 1.56 bits per heavy atom. The van der Waals surface area contributed by atoms with Crippen LogP contribution in [0, 0.1) is 5.41 Å². The Bertz CT molecular complexity index is 658. The molecular formula is C19H26N2O4. The van der Waals surface area contributed by atoms with Gasteiger partial charge in [0.05, 0.1) is 0 Å². The van der Waals surface area contributed by atoms with E-state index in [1.165, 1.54) is 0 Å². The highest BCUT2D eigenvalue weighted by atomic mass is 16.6. The number of hydrogen-bond donors (Lipinski definition) is 0. The van der Waals surface area contributed by atoms with Gasteiger partial charge in [-0.1, -0.05) is 20.8 Å². The molecule has 6 nitrogen and oxygen atoms in total. The van der Waals surface area contributed by atoms with Gasteiger partial charge in [0.25, 0.3) is 5.91 Å². The van der Waals surface area contributed by atoms with Gasteiger partial charge < -0.3 is 19.3 Å². The first-order valence-corrected chi connectivity index (χ1v) is 8.80. The van der Waals surface area contributed by atoms with Crippen LogP contribution >= 0.6 is 0 Å². The van der Waals surface area contributed by atoms with Crippen LogP contribution in [-0.4, -0.2) is 61.0 Å². The number of rotatable bonds is 2. The SMILES string of the molecule is CC(C)(C)CC(=O)N1CCN(C(=O)c2ccc3c(c2)OCCO3)CC1. The van der Waals surface area contributed by atoms with Crippen molar-refractivity contribution in [2.24, 2.45) is 5.41 Å². The van der Waals surface area contributed by atoms with Gasteiger partial charge in [-0.05, 0) is 23.6 Å². The smallest absolute Gasteiger partial charge is 0.254 e. The fraction of sp³-hybridized carbons (Fsp3) is 0.579. The molecule has 2 heterocycles. The summed E-state index contributed by atoms with van der Waals surface area (Å²) in [7, 11) is 0. The molecule has 3 rings (SSSR count). The van der Waals surface area contributed by atoms with Crippen molar-refractivity contribution in [2.45, 2.75) is 27.2 Å². The molecule has 2 aliphatic heterocycles. The summed E-state index contributed by atoms with van der Waals surface area (Å²) < 4.78 is 11.0. The minimum atomic E-state index is -0.0279. The van der Waals surface area contributed by atoms with E-state index in [1.807, 2.05) is 4.90 Å². The third-order valence-electron chi connectivity index (χ3n) is 4.39. The van der Waals surface area contributed by atoms with Gasteiger partial charge >= 0.3 is 0 Å². The largest absolute Gasteiger partial charge is 0.486 e. The van der Waals surface area contributed by atoms with E-state index < -0.39 is 0 Å². The lowest BCUT2D eigenvalue weighted by Gasteiger charge is -2.36. The molecule has 0 saturated carbocycles. The van der Waals surface area contributed by atoms with Crippen LogP contribution in [0.4, 0.5) is 0 Å². The maximum Gasteiger partial charge on any atom is 0.254 e. The van der Waals surface area contributed by atoms with Crippen molar-refractivity contribution in [2.75, 3.05) is 39.4 Å². The zero-order valence-corrected chi connectivity index (χ0v) is 15.2. The lowest BCUT2D eigenvalue weighted by molar-refractivity contribution is -0.134. The lowest BCUT2D eigenvalue weighted by Crippen LogP contribution is -2.51. The first kappa shape index (κ1) is 17.6. The van der Waals surface area contributed by atoms with Crippen molar-refractivity contribution < 1.29 is 19.1 Å². The summed E-state index contributed by atoms with van der Waals surface area (Å²) in [4.78, 5) is 28.7. The van der Waals surface area contributed by atoms with Crippen LogP contribution in [-0.2, 0) is 4.79 Å². The molecule has 0 aliphatic carbocycles. The first-order valence-electron chi connectivity index (χ1n) is 8.80.